The largest absolute Gasteiger partial charge is 0.313 e. The van der Waals surface area contributed by atoms with Crippen molar-refractivity contribution in [2.75, 3.05) is 13.1 Å². The van der Waals surface area contributed by atoms with Crippen LogP contribution in [-0.4, -0.2) is 25.2 Å². The van der Waals surface area contributed by atoms with Crippen LogP contribution in [0.25, 0.3) is 0 Å². The van der Waals surface area contributed by atoms with Gasteiger partial charge < -0.3 is 10.6 Å². The maximum Gasteiger partial charge on any atom is 0.0204 e. The minimum atomic E-state index is 0.781. The van der Waals surface area contributed by atoms with Gasteiger partial charge in [-0.15, -0.1) is 0 Å². The lowest BCUT2D eigenvalue weighted by Gasteiger charge is -2.29. The van der Waals surface area contributed by atoms with E-state index >= 15 is 0 Å². The molecule has 0 aromatic heterocycles. The lowest BCUT2D eigenvalue weighted by Crippen LogP contribution is -2.50. The molecule has 1 saturated carbocycles. The molecule has 0 radical (unpaired) electrons. The van der Waals surface area contributed by atoms with Gasteiger partial charge in [-0.1, -0.05) is 25.7 Å². The molecule has 1 aliphatic carbocycles. The molecule has 0 amide bonds. The van der Waals surface area contributed by atoms with Crippen molar-refractivity contribution in [1.82, 2.24) is 10.6 Å². The first-order valence-corrected chi connectivity index (χ1v) is 5.92. The van der Waals surface area contributed by atoms with E-state index in [-0.39, 0.29) is 0 Å². The van der Waals surface area contributed by atoms with Gasteiger partial charge in [0, 0.05) is 18.6 Å². The summed E-state index contributed by atoms with van der Waals surface area (Å²) in [4.78, 5) is 0. The first kappa shape index (κ1) is 9.47. The van der Waals surface area contributed by atoms with E-state index < -0.39 is 0 Å². The molecule has 1 aliphatic heterocycles. The molecule has 0 bridgehead atoms. The van der Waals surface area contributed by atoms with E-state index in [4.69, 9.17) is 0 Å². The first-order chi connectivity index (χ1) is 6.45. The van der Waals surface area contributed by atoms with Crippen LogP contribution in [0.2, 0.25) is 0 Å². The molecule has 2 heteroatoms. The molecule has 2 nitrogen and oxygen atoms in total. The highest BCUT2D eigenvalue weighted by Crippen LogP contribution is 2.17. The van der Waals surface area contributed by atoms with Crippen LogP contribution in [-0.2, 0) is 0 Å². The van der Waals surface area contributed by atoms with Gasteiger partial charge in [-0.25, -0.2) is 0 Å². The molecule has 1 saturated heterocycles. The Bertz CT molecular complexity index is 135. The van der Waals surface area contributed by atoms with Crippen LogP contribution in [0.3, 0.4) is 0 Å². The Morgan fingerprint density at radius 3 is 2.23 bits per heavy atom. The van der Waals surface area contributed by atoms with Crippen LogP contribution in [0.1, 0.15) is 44.9 Å². The van der Waals surface area contributed by atoms with E-state index in [1.54, 1.807) is 0 Å². The lowest BCUT2D eigenvalue weighted by molar-refractivity contribution is 0.328. The van der Waals surface area contributed by atoms with Gasteiger partial charge in [0.15, 0.2) is 0 Å². The second kappa shape index (κ2) is 4.97. The number of hydrogen-bond acceptors (Lipinski definition) is 2. The molecule has 1 unspecified atom stereocenters. The van der Waals surface area contributed by atoms with Gasteiger partial charge in [0.05, 0.1) is 0 Å². The standard InChI is InChI=1S/C11H22N2/c1-2-4-6-10(5-3-1)13-9-11-7-8-12-11/h10-13H,1-9H2. The average Bonchev–Trinajstić information content (AvgIpc) is 2.30. The molecule has 0 aromatic carbocycles. The van der Waals surface area contributed by atoms with Crippen molar-refractivity contribution in [2.24, 2.45) is 0 Å². The summed E-state index contributed by atoms with van der Waals surface area (Å²) in [5, 5.41) is 7.14. The van der Waals surface area contributed by atoms with Crippen LogP contribution in [0.5, 0.6) is 0 Å². The van der Waals surface area contributed by atoms with Crippen LogP contribution in [0, 0.1) is 0 Å². The highest BCUT2D eigenvalue weighted by molar-refractivity contribution is 4.81. The molecule has 1 atom stereocenters. The molecule has 2 N–H and O–H groups in total. The molecule has 0 aromatic rings. The summed E-state index contributed by atoms with van der Waals surface area (Å²) in [6.07, 6.45) is 9.99. The van der Waals surface area contributed by atoms with Crippen molar-refractivity contribution in [3.8, 4) is 0 Å². The third-order valence-corrected chi connectivity index (χ3v) is 3.43. The van der Waals surface area contributed by atoms with E-state index in [9.17, 15) is 0 Å². The molecule has 13 heavy (non-hydrogen) atoms. The van der Waals surface area contributed by atoms with Crippen LogP contribution >= 0.6 is 0 Å². The fourth-order valence-corrected chi connectivity index (χ4v) is 2.32. The fourth-order valence-electron chi connectivity index (χ4n) is 2.32. The fraction of sp³-hybridized carbons (Fsp3) is 1.00. The van der Waals surface area contributed by atoms with Gasteiger partial charge >= 0.3 is 0 Å². The van der Waals surface area contributed by atoms with Gasteiger partial charge in [0.25, 0.3) is 0 Å². The van der Waals surface area contributed by atoms with Crippen LogP contribution < -0.4 is 10.6 Å². The SMILES string of the molecule is C1CCCC(NCC2CCN2)CC1. The molecule has 1 heterocycles. The predicted octanol–water partition coefficient (Wildman–Crippen LogP) is 1.66. The second-order valence-electron chi connectivity index (χ2n) is 4.54. The Morgan fingerprint density at radius 2 is 1.69 bits per heavy atom. The third-order valence-electron chi connectivity index (χ3n) is 3.43. The average molecular weight is 182 g/mol. The molecule has 76 valence electrons. The predicted molar refractivity (Wildman–Crippen MR) is 55.9 cm³/mol. The quantitative estimate of drug-likeness (QED) is 0.649. The van der Waals surface area contributed by atoms with Crippen molar-refractivity contribution in [3.05, 3.63) is 0 Å². The maximum atomic E-state index is 3.70. The topological polar surface area (TPSA) is 24.1 Å². The number of nitrogens with one attached hydrogen (secondary N) is 2. The van der Waals surface area contributed by atoms with Crippen molar-refractivity contribution >= 4 is 0 Å². The lowest BCUT2D eigenvalue weighted by atomic mass is 10.1. The Balaban J connectivity index is 1.61. The van der Waals surface area contributed by atoms with Gasteiger partial charge in [0.2, 0.25) is 0 Å². The van der Waals surface area contributed by atoms with E-state index in [0.29, 0.717) is 0 Å². The Labute approximate surface area is 81.5 Å². The normalized spacial score (nSPS) is 30.9. The highest BCUT2D eigenvalue weighted by Gasteiger charge is 2.18. The molecule has 2 fully saturated rings. The first-order valence-electron chi connectivity index (χ1n) is 5.92. The number of rotatable bonds is 3. The minimum absolute atomic E-state index is 0.781. The van der Waals surface area contributed by atoms with Gasteiger partial charge in [-0.05, 0) is 25.8 Å². The smallest absolute Gasteiger partial charge is 0.0204 e. The Kier molecular flexibility index (Phi) is 3.62. The van der Waals surface area contributed by atoms with Crippen molar-refractivity contribution in [1.29, 1.82) is 0 Å². The summed E-state index contributed by atoms with van der Waals surface area (Å²) in [5.74, 6) is 0. The molecular weight excluding hydrogens is 160 g/mol. The third kappa shape index (κ3) is 2.96. The van der Waals surface area contributed by atoms with Gasteiger partial charge in [-0.2, -0.15) is 0 Å². The summed E-state index contributed by atoms with van der Waals surface area (Å²) >= 11 is 0. The monoisotopic (exact) mass is 182 g/mol. The summed E-state index contributed by atoms with van der Waals surface area (Å²) in [5.41, 5.74) is 0. The summed E-state index contributed by atoms with van der Waals surface area (Å²) < 4.78 is 0. The molecule has 2 rings (SSSR count). The van der Waals surface area contributed by atoms with Crippen molar-refractivity contribution in [2.45, 2.75) is 57.0 Å². The van der Waals surface area contributed by atoms with Crippen LogP contribution in [0.4, 0.5) is 0 Å². The summed E-state index contributed by atoms with van der Waals surface area (Å²) in [7, 11) is 0. The Morgan fingerprint density at radius 1 is 1.00 bits per heavy atom. The van der Waals surface area contributed by atoms with E-state index in [0.717, 1.165) is 12.1 Å². The zero-order valence-corrected chi connectivity index (χ0v) is 8.52. The Hall–Kier alpha value is -0.0800. The molecular formula is C11H22N2. The van der Waals surface area contributed by atoms with Crippen LogP contribution in [0.15, 0.2) is 0 Å². The zero-order chi connectivity index (χ0) is 8.93. The van der Waals surface area contributed by atoms with Gasteiger partial charge in [-0.3, -0.25) is 0 Å². The minimum Gasteiger partial charge on any atom is -0.313 e. The molecule has 2 aliphatic rings. The second-order valence-corrected chi connectivity index (χ2v) is 4.54. The highest BCUT2D eigenvalue weighted by atomic mass is 15.0. The van der Waals surface area contributed by atoms with Crippen molar-refractivity contribution < 1.29 is 0 Å². The van der Waals surface area contributed by atoms with E-state index in [1.807, 2.05) is 0 Å². The van der Waals surface area contributed by atoms with E-state index in [1.165, 1.54) is 58.0 Å². The summed E-state index contributed by atoms with van der Waals surface area (Å²) in [6, 6.07) is 1.60. The maximum absolute atomic E-state index is 3.70. The number of hydrogen-bond donors (Lipinski definition) is 2. The molecule has 0 spiro atoms. The van der Waals surface area contributed by atoms with Gasteiger partial charge in [0.1, 0.15) is 0 Å². The summed E-state index contributed by atoms with van der Waals surface area (Å²) in [6.45, 7) is 2.43. The zero-order valence-electron chi connectivity index (χ0n) is 8.52. The van der Waals surface area contributed by atoms with E-state index in [2.05, 4.69) is 10.6 Å². The van der Waals surface area contributed by atoms with Crippen molar-refractivity contribution in [3.63, 3.8) is 0 Å².